The van der Waals surface area contributed by atoms with Crippen molar-refractivity contribution in [2.45, 2.75) is 25.5 Å². The second kappa shape index (κ2) is 5.98. The zero-order chi connectivity index (χ0) is 16.7. The van der Waals surface area contributed by atoms with Gasteiger partial charge in [-0.15, -0.1) is 0 Å². The number of ether oxygens (including phenoxy) is 2. The number of hydrogen-bond donors (Lipinski definition) is 1. The molecule has 1 amide bonds. The summed E-state index contributed by atoms with van der Waals surface area (Å²) in [6.07, 6.45) is 8.32. The van der Waals surface area contributed by atoms with Crippen LogP contribution >= 0.6 is 11.6 Å². The summed E-state index contributed by atoms with van der Waals surface area (Å²) in [7, 11) is 0. The van der Waals surface area contributed by atoms with Crippen LogP contribution in [0, 0.1) is 6.92 Å². The SMILES string of the molecule is Cc1c(CC2=CC3OC=NC3C=C2)cc2c(c1Cl)OCCNC2=O. The fourth-order valence-corrected chi connectivity index (χ4v) is 3.43. The number of hydrogen-bond acceptors (Lipinski definition) is 4. The lowest BCUT2D eigenvalue weighted by Crippen LogP contribution is -2.24. The number of benzene rings is 1. The van der Waals surface area contributed by atoms with E-state index in [1.165, 1.54) is 6.40 Å². The van der Waals surface area contributed by atoms with E-state index in [0.29, 0.717) is 35.9 Å². The van der Waals surface area contributed by atoms with E-state index in [-0.39, 0.29) is 18.1 Å². The third-order valence-electron chi connectivity index (χ3n) is 4.52. The van der Waals surface area contributed by atoms with Gasteiger partial charge in [0.2, 0.25) is 0 Å². The molecule has 1 aromatic rings. The van der Waals surface area contributed by atoms with Crippen LogP contribution in [0.4, 0.5) is 0 Å². The van der Waals surface area contributed by atoms with Crippen molar-refractivity contribution in [2.24, 2.45) is 4.99 Å². The van der Waals surface area contributed by atoms with Crippen molar-refractivity contribution in [3.05, 3.63) is 51.6 Å². The van der Waals surface area contributed by atoms with Crippen molar-refractivity contribution < 1.29 is 14.3 Å². The summed E-state index contributed by atoms with van der Waals surface area (Å²) in [4.78, 5) is 16.5. The molecule has 0 fully saturated rings. The third-order valence-corrected chi connectivity index (χ3v) is 4.98. The Balaban J connectivity index is 1.68. The molecule has 0 saturated carbocycles. The summed E-state index contributed by atoms with van der Waals surface area (Å²) in [6.45, 7) is 2.85. The van der Waals surface area contributed by atoms with Crippen LogP contribution in [0.3, 0.4) is 0 Å². The predicted molar refractivity (Wildman–Crippen MR) is 92.1 cm³/mol. The summed E-state index contributed by atoms with van der Waals surface area (Å²) in [6, 6.07) is 1.95. The Labute approximate surface area is 145 Å². The number of carbonyl (C=O) groups excluding carboxylic acids is 1. The highest BCUT2D eigenvalue weighted by Crippen LogP contribution is 2.36. The number of aliphatic imine (C=N–C) groups is 1. The van der Waals surface area contributed by atoms with Gasteiger partial charge in [0.15, 0.2) is 12.2 Å². The van der Waals surface area contributed by atoms with Crippen LogP contribution in [0.5, 0.6) is 5.75 Å². The molecular weight excluding hydrogens is 328 g/mol. The Bertz CT molecular complexity index is 798. The molecule has 2 unspecified atom stereocenters. The van der Waals surface area contributed by atoms with Gasteiger partial charge >= 0.3 is 0 Å². The van der Waals surface area contributed by atoms with Gasteiger partial charge in [0.1, 0.15) is 18.8 Å². The van der Waals surface area contributed by atoms with Crippen LogP contribution in [-0.2, 0) is 11.2 Å². The standard InChI is InChI=1S/C18H17ClN2O3/c1-10-12(6-11-2-3-14-15(7-11)24-9-21-14)8-13-17(16(10)19)23-5-4-20-18(13)22/h2-3,7-9,14-15H,4-6H2,1H3,(H,20,22). The van der Waals surface area contributed by atoms with Crippen LogP contribution < -0.4 is 10.1 Å². The van der Waals surface area contributed by atoms with Crippen molar-refractivity contribution in [1.29, 1.82) is 0 Å². The molecule has 0 bridgehead atoms. The summed E-state index contributed by atoms with van der Waals surface area (Å²) >= 11 is 6.47. The maximum Gasteiger partial charge on any atom is 0.255 e. The number of allylic oxidation sites excluding steroid dienone is 2. The predicted octanol–water partition coefficient (Wildman–Crippen LogP) is 2.61. The quantitative estimate of drug-likeness (QED) is 0.897. The molecule has 124 valence electrons. The fraction of sp³-hybridized carbons (Fsp3) is 0.333. The Morgan fingerprint density at radius 2 is 2.33 bits per heavy atom. The van der Waals surface area contributed by atoms with E-state index in [2.05, 4.69) is 22.5 Å². The molecule has 2 atom stereocenters. The van der Waals surface area contributed by atoms with Crippen molar-refractivity contribution in [3.8, 4) is 5.75 Å². The first-order chi connectivity index (χ1) is 11.6. The highest BCUT2D eigenvalue weighted by Gasteiger charge is 2.26. The minimum absolute atomic E-state index is 0.0340. The fourth-order valence-electron chi connectivity index (χ4n) is 3.15. The Morgan fingerprint density at radius 3 is 3.21 bits per heavy atom. The number of amides is 1. The van der Waals surface area contributed by atoms with Crippen LogP contribution in [0.15, 0.2) is 34.9 Å². The molecule has 5 nitrogen and oxygen atoms in total. The number of nitrogens with one attached hydrogen (secondary N) is 1. The molecule has 0 aromatic heterocycles. The average molecular weight is 345 g/mol. The average Bonchev–Trinajstić information content (AvgIpc) is 2.96. The Morgan fingerprint density at radius 1 is 1.46 bits per heavy atom. The number of carbonyl (C=O) groups is 1. The monoisotopic (exact) mass is 344 g/mol. The minimum Gasteiger partial charge on any atom is -0.489 e. The zero-order valence-corrected chi connectivity index (χ0v) is 14.0. The lowest BCUT2D eigenvalue weighted by molar-refractivity contribution is 0.0957. The molecule has 24 heavy (non-hydrogen) atoms. The third kappa shape index (κ3) is 2.59. The summed E-state index contributed by atoms with van der Waals surface area (Å²) in [5.74, 6) is 0.333. The van der Waals surface area contributed by atoms with Gasteiger partial charge in [0.25, 0.3) is 5.91 Å². The van der Waals surface area contributed by atoms with Gasteiger partial charge in [-0.3, -0.25) is 4.79 Å². The molecule has 4 rings (SSSR count). The molecule has 6 heteroatoms. The minimum atomic E-state index is -0.147. The molecule has 1 aromatic carbocycles. The Hall–Kier alpha value is -2.27. The molecule has 2 aliphatic heterocycles. The van der Waals surface area contributed by atoms with Gasteiger partial charge in [-0.25, -0.2) is 4.99 Å². The van der Waals surface area contributed by atoms with E-state index in [1.54, 1.807) is 0 Å². The van der Waals surface area contributed by atoms with E-state index in [1.807, 2.05) is 19.1 Å². The lowest BCUT2D eigenvalue weighted by atomic mass is 9.92. The normalized spacial score (nSPS) is 24.2. The van der Waals surface area contributed by atoms with Crippen LogP contribution in [0.2, 0.25) is 5.02 Å². The number of halogens is 1. The maximum absolute atomic E-state index is 12.2. The van der Waals surface area contributed by atoms with Gasteiger partial charge in [-0.1, -0.05) is 23.8 Å². The first-order valence-corrected chi connectivity index (χ1v) is 8.30. The van der Waals surface area contributed by atoms with Crippen molar-refractivity contribution >= 4 is 23.9 Å². The second-order valence-corrected chi connectivity index (χ2v) is 6.46. The number of rotatable bonds is 2. The number of nitrogens with zero attached hydrogens (tertiary/aromatic N) is 1. The molecule has 1 aliphatic carbocycles. The van der Waals surface area contributed by atoms with Gasteiger partial charge in [0.05, 0.1) is 17.1 Å². The molecule has 0 radical (unpaired) electrons. The van der Waals surface area contributed by atoms with Gasteiger partial charge in [-0.2, -0.15) is 0 Å². The summed E-state index contributed by atoms with van der Waals surface area (Å²) < 4.78 is 11.1. The van der Waals surface area contributed by atoms with E-state index in [4.69, 9.17) is 21.1 Å². The van der Waals surface area contributed by atoms with Gasteiger partial charge < -0.3 is 14.8 Å². The molecule has 2 heterocycles. The lowest BCUT2D eigenvalue weighted by Gasteiger charge is -2.19. The zero-order valence-electron chi connectivity index (χ0n) is 13.2. The highest BCUT2D eigenvalue weighted by atomic mass is 35.5. The van der Waals surface area contributed by atoms with Crippen LogP contribution in [0.25, 0.3) is 0 Å². The largest absolute Gasteiger partial charge is 0.489 e. The Kier molecular flexibility index (Phi) is 3.81. The summed E-state index contributed by atoms with van der Waals surface area (Å²) in [5, 5.41) is 3.33. The smallest absolute Gasteiger partial charge is 0.255 e. The second-order valence-electron chi connectivity index (χ2n) is 6.08. The van der Waals surface area contributed by atoms with E-state index in [9.17, 15) is 4.79 Å². The first-order valence-electron chi connectivity index (χ1n) is 7.92. The highest BCUT2D eigenvalue weighted by molar-refractivity contribution is 6.33. The maximum atomic E-state index is 12.2. The molecular formula is C18H17ClN2O3. The van der Waals surface area contributed by atoms with Crippen molar-refractivity contribution in [1.82, 2.24) is 5.32 Å². The molecule has 1 N–H and O–H groups in total. The van der Waals surface area contributed by atoms with E-state index in [0.717, 1.165) is 16.7 Å². The van der Waals surface area contributed by atoms with Crippen LogP contribution in [-0.4, -0.2) is 37.6 Å². The topological polar surface area (TPSA) is 59.9 Å². The van der Waals surface area contributed by atoms with Gasteiger partial charge in [-0.05, 0) is 42.2 Å². The molecule has 0 saturated heterocycles. The van der Waals surface area contributed by atoms with E-state index >= 15 is 0 Å². The van der Waals surface area contributed by atoms with E-state index < -0.39 is 0 Å². The van der Waals surface area contributed by atoms with Crippen molar-refractivity contribution in [2.75, 3.05) is 13.2 Å². The number of fused-ring (bicyclic) bond motifs is 2. The first kappa shape index (κ1) is 15.3. The molecule has 0 spiro atoms. The van der Waals surface area contributed by atoms with Crippen molar-refractivity contribution in [3.63, 3.8) is 0 Å². The summed E-state index contributed by atoms with van der Waals surface area (Å²) in [5.41, 5.74) is 3.56. The van der Waals surface area contributed by atoms with Crippen LogP contribution in [0.1, 0.15) is 21.5 Å². The van der Waals surface area contributed by atoms with Gasteiger partial charge in [0, 0.05) is 0 Å². The molecule has 3 aliphatic rings.